The third-order valence-corrected chi connectivity index (χ3v) is 6.89. The second-order valence-corrected chi connectivity index (χ2v) is 9.00. The standard InChI is InChI=1S/C25H27N5O5S/c1-33-22-16-17(30(31)32)5-6-18(22)20-7-8-21(35-20)24-23(19-4-2-3-9-26-19)27-25(36)29(24)11-10-28-12-14-34-15-13-28/h2-9,16,23-24H,10-15H2,1H3,(H,27,36). The van der Waals surface area contributed by atoms with Crippen LogP contribution in [-0.4, -0.2) is 71.3 Å². The average Bonchev–Trinajstić information content (AvgIpc) is 3.52. The molecule has 0 radical (unpaired) electrons. The number of furan rings is 1. The van der Waals surface area contributed by atoms with Gasteiger partial charge in [-0.1, -0.05) is 6.07 Å². The number of pyridine rings is 1. The van der Waals surface area contributed by atoms with Gasteiger partial charge < -0.3 is 24.1 Å². The maximum atomic E-state index is 11.2. The molecule has 188 valence electrons. The van der Waals surface area contributed by atoms with Crippen LogP contribution >= 0.6 is 12.2 Å². The highest BCUT2D eigenvalue weighted by Crippen LogP contribution is 2.42. The van der Waals surface area contributed by atoms with Crippen LogP contribution in [0.2, 0.25) is 0 Å². The van der Waals surface area contributed by atoms with Crippen LogP contribution in [0.3, 0.4) is 0 Å². The number of hydrogen-bond acceptors (Lipinski definition) is 8. The minimum Gasteiger partial charge on any atom is -0.496 e. The predicted molar refractivity (Wildman–Crippen MR) is 137 cm³/mol. The number of nitrogens with zero attached hydrogens (tertiary/aromatic N) is 4. The molecule has 0 amide bonds. The van der Waals surface area contributed by atoms with E-state index in [-0.39, 0.29) is 17.8 Å². The molecule has 4 heterocycles. The van der Waals surface area contributed by atoms with Crippen molar-refractivity contribution in [2.75, 3.05) is 46.5 Å². The van der Waals surface area contributed by atoms with E-state index < -0.39 is 4.92 Å². The third-order valence-electron chi connectivity index (χ3n) is 6.54. The number of aromatic nitrogens is 1. The Hall–Kier alpha value is -3.54. The smallest absolute Gasteiger partial charge is 0.273 e. The van der Waals surface area contributed by atoms with Crippen LogP contribution < -0.4 is 10.1 Å². The molecule has 5 rings (SSSR count). The molecule has 0 bridgehead atoms. The molecule has 2 saturated heterocycles. The van der Waals surface area contributed by atoms with Gasteiger partial charge in [0.25, 0.3) is 5.69 Å². The molecule has 0 spiro atoms. The van der Waals surface area contributed by atoms with Crippen LogP contribution in [0.4, 0.5) is 5.69 Å². The van der Waals surface area contributed by atoms with E-state index in [1.54, 1.807) is 12.3 Å². The van der Waals surface area contributed by atoms with Crippen molar-refractivity contribution >= 4 is 23.0 Å². The lowest BCUT2D eigenvalue weighted by molar-refractivity contribution is -0.384. The number of morpholine rings is 1. The summed E-state index contributed by atoms with van der Waals surface area (Å²) in [4.78, 5) is 19.8. The molecule has 2 aromatic heterocycles. The first-order valence-corrected chi connectivity index (χ1v) is 12.2. The number of hydrogen-bond donors (Lipinski definition) is 1. The predicted octanol–water partition coefficient (Wildman–Crippen LogP) is 3.56. The first-order valence-electron chi connectivity index (χ1n) is 11.8. The van der Waals surface area contributed by atoms with Gasteiger partial charge in [-0.05, 0) is 42.5 Å². The summed E-state index contributed by atoms with van der Waals surface area (Å²) in [6.45, 7) is 4.83. The third kappa shape index (κ3) is 4.90. The van der Waals surface area contributed by atoms with Gasteiger partial charge in [0.05, 0.1) is 48.6 Å². The Balaban J connectivity index is 1.46. The number of non-ortho nitro benzene ring substituents is 1. The Morgan fingerprint density at radius 2 is 2.03 bits per heavy atom. The van der Waals surface area contributed by atoms with Crippen LogP contribution in [0.25, 0.3) is 11.3 Å². The quantitative estimate of drug-likeness (QED) is 0.275. The van der Waals surface area contributed by atoms with Gasteiger partial charge in [0.1, 0.15) is 23.3 Å². The van der Waals surface area contributed by atoms with Gasteiger partial charge in [0.15, 0.2) is 5.11 Å². The minimum absolute atomic E-state index is 0.0442. The molecule has 0 aliphatic carbocycles. The zero-order valence-corrected chi connectivity index (χ0v) is 20.6. The van der Waals surface area contributed by atoms with Crippen LogP contribution in [0.5, 0.6) is 5.75 Å². The fourth-order valence-corrected chi connectivity index (χ4v) is 5.01. The summed E-state index contributed by atoms with van der Waals surface area (Å²) < 4.78 is 17.3. The van der Waals surface area contributed by atoms with E-state index in [1.165, 1.54) is 19.2 Å². The Labute approximate surface area is 214 Å². The first-order chi connectivity index (χ1) is 17.5. The first kappa shape index (κ1) is 24.2. The summed E-state index contributed by atoms with van der Waals surface area (Å²) in [5.74, 6) is 1.65. The molecule has 1 N–H and O–H groups in total. The van der Waals surface area contributed by atoms with Crippen molar-refractivity contribution in [3.05, 3.63) is 76.3 Å². The van der Waals surface area contributed by atoms with Crippen molar-refractivity contribution in [3.63, 3.8) is 0 Å². The summed E-state index contributed by atoms with van der Waals surface area (Å²) in [6, 6.07) is 13.7. The van der Waals surface area contributed by atoms with Crippen molar-refractivity contribution in [3.8, 4) is 17.1 Å². The molecular weight excluding hydrogens is 482 g/mol. The highest BCUT2D eigenvalue weighted by atomic mass is 32.1. The van der Waals surface area contributed by atoms with Crippen molar-refractivity contribution in [2.45, 2.75) is 12.1 Å². The van der Waals surface area contributed by atoms with E-state index in [0.717, 1.165) is 50.8 Å². The molecule has 2 unspecified atom stereocenters. The topological polar surface area (TPSA) is 106 Å². The minimum atomic E-state index is -0.450. The zero-order valence-electron chi connectivity index (χ0n) is 19.8. The monoisotopic (exact) mass is 509 g/mol. The lowest BCUT2D eigenvalue weighted by atomic mass is 10.0. The Bertz CT molecular complexity index is 1230. The number of rotatable bonds is 8. The second kappa shape index (κ2) is 10.6. The Kier molecular flexibility index (Phi) is 7.12. The van der Waals surface area contributed by atoms with Gasteiger partial charge in [-0.25, -0.2) is 0 Å². The Morgan fingerprint density at radius 3 is 2.75 bits per heavy atom. The SMILES string of the molecule is COc1cc([N+](=O)[O-])ccc1-c1ccc(C2C(c3ccccn3)NC(=S)N2CCN2CCOCC2)o1. The van der Waals surface area contributed by atoms with E-state index in [4.69, 9.17) is 26.1 Å². The van der Waals surface area contributed by atoms with Crippen molar-refractivity contribution in [2.24, 2.45) is 0 Å². The molecule has 2 aliphatic rings. The molecule has 11 heteroatoms. The molecule has 2 aliphatic heterocycles. The van der Waals surface area contributed by atoms with Crippen molar-refractivity contribution in [1.29, 1.82) is 0 Å². The van der Waals surface area contributed by atoms with E-state index >= 15 is 0 Å². The average molecular weight is 510 g/mol. The van der Waals surface area contributed by atoms with Crippen LogP contribution in [0, 0.1) is 10.1 Å². The van der Waals surface area contributed by atoms with E-state index in [9.17, 15) is 10.1 Å². The van der Waals surface area contributed by atoms with Gasteiger partial charge in [-0.2, -0.15) is 0 Å². The zero-order chi connectivity index (χ0) is 25.1. The molecular formula is C25H27N5O5S. The van der Waals surface area contributed by atoms with Crippen molar-refractivity contribution < 1.29 is 18.8 Å². The fraction of sp³-hybridized carbons (Fsp3) is 0.360. The lowest BCUT2D eigenvalue weighted by Crippen LogP contribution is -2.42. The van der Waals surface area contributed by atoms with Crippen LogP contribution in [-0.2, 0) is 4.74 Å². The highest BCUT2D eigenvalue weighted by Gasteiger charge is 2.41. The molecule has 10 nitrogen and oxygen atoms in total. The number of ether oxygens (including phenoxy) is 2. The summed E-state index contributed by atoms with van der Waals surface area (Å²) in [5.41, 5.74) is 1.46. The summed E-state index contributed by atoms with van der Waals surface area (Å²) >= 11 is 5.76. The van der Waals surface area contributed by atoms with Gasteiger partial charge in [0, 0.05) is 38.4 Å². The maximum Gasteiger partial charge on any atom is 0.273 e. The Morgan fingerprint density at radius 1 is 1.19 bits per heavy atom. The van der Waals surface area contributed by atoms with E-state index in [1.807, 2.05) is 30.3 Å². The number of nitro benzene ring substituents is 1. The number of methoxy groups -OCH3 is 1. The summed E-state index contributed by atoms with van der Waals surface area (Å²) in [5, 5.41) is 15.3. The van der Waals surface area contributed by atoms with Gasteiger partial charge >= 0.3 is 0 Å². The lowest BCUT2D eigenvalue weighted by Gasteiger charge is -2.31. The summed E-state index contributed by atoms with van der Waals surface area (Å²) in [7, 11) is 1.48. The fourth-order valence-electron chi connectivity index (χ4n) is 4.68. The summed E-state index contributed by atoms with van der Waals surface area (Å²) in [6.07, 6.45) is 1.77. The molecule has 2 atom stereocenters. The highest BCUT2D eigenvalue weighted by molar-refractivity contribution is 7.80. The number of benzene rings is 1. The number of nitro groups is 1. The van der Waals surface area contributed by atoms with Crippen LogP contribution in [0.15, 0.2) is 59.1 Å². The number of nitrogens with one attached hydrogen (secondary N) is 1. The normalized spacial score (nSPS) is 20.4. The number of thiocarbonyl (C=S) groups is 1. The molecule has 1 aromatic carbocycles. The maximum absolute atomic E-state index is 11.2. The van der Waals surface area contributed by atoms with Crippen molar-refractivity contribution in [1.82, 2.24) is 20.1 Å². The molecule has 2 fully saturated rings. The van der Waals surface area contributed by atoms with Crippen LogP contribution in [0.1, 0.15) is 23.5 Å². The molecule has 36 heavy (non-hydrogen) atoms. The molecule has 3 aromatic rings. The molecule has 0 saturated carbocycles. The van der Waals surface area contributed by atoms with Gasteiger partial charge in [-0.3, -0.25) is 20.0 Å². The second-order valence-electron chi connectivity index (χ2n) is 8.62. The van der Waals surface area contributed by atoms with E-state index in [2.05, 4.69) is 20.1 Å². The van der Waals surface area contributed by atoms with Gasteiger partial charge in [-0.15, -0.1) is 0 Å². The van der Waals surface area contributed by atoms with E-state index in [0.29, 0.717) is 22.2 Å². The largest absolute Gasteiger partial charge is 0.496 e. The van der Waals surface area contributed by atoms with Gasteiger partial charge in [0.2, 0.25) is 0 Å².